The molecule has 0 aliphatic carbocycles. The number of halogens is 1. The van der Waals surface area contributed by atoms with E-state index in [1.54, 1.807) is 11.0 Å². The Morgan fingerprint density at radius 2 is 1.89 bits per heavy atom. The highest BCUT2D eigenvalue weighted by molar-refractivity contribution is 5.96. The van der Waals surface area contributed by atoms with Crippen LogP contribution in [-0.4, -0.2) is 54.5 Å². The predicted octanol–water partition coefficient (Wildman–Crippen LogP) is 4.44. The van der Waals surface area contributed by atoms with Gasteiger partial charge in [0.15, 0.2) is 0 Å². The monoisotopic (exact) mass is 508 g/mol. The summed E-state index contributed by atoms with van der Waals surface area (Å²) in [5.41, 5.74) is 2.31. The molecule has 2 saturated heterocycles. The predicted molar refractivity (Wildman–Crippen MR) is 146 cm³/mol. The minimum atomic E-state index is -0.342. The van der Waals surface area contributed by atoms with E-state index < -0.39 is 0 Å². The molecule has 0 bridgehead atoms. The molecule has 200 valence electrons. The molecule has 0 aromatic heterocycles. The number of hydrogen-bond acceptors (Lipinski definition) is 4. The molecule has 2 aliphatic rings. The van der Waals surface area contributed by atoms with Crippen LogP contribution in [0.15, 0.2) is 48.5 Å². The minimum absolute atomic E-state index is 0.0230. The summed E-state index contributed by atoms with van der Waals surface area (Å²) in [5, 5.41) is 6.77. The van der Waals surface area contributed by atoms with Crippen molar-refractivity contribution >= 4 is 17.5 Å². The molecular weight excluding hydrogens is 467 g/mol. The Bertz CT molecular complexity index is 1100. The van der Waals surface area contributed by atoms with Crippen LogP contribution in [0.3, 0.4) is 0 Å². The highest BCUT2D eigenvalue weighted by Gasteiger charge is 2.44. The van der Waals surface area contributed by atoms with Crippen molar-refractivity contribution in [1.82, 2.24) is 15.5 Å². The molecule has 2 amide bonds. The first kappa shape index (κ1) is 27.3. The number of piperidine rings is 1. The largest absolute Gasteiger partial charge is 0.349 e. The average Bonchev–Trinajstić information content (AvgIpc) is 2.86. The smallest absolute Gasteiger partial charge is 0.241 e. The first-order valence-corrected chi connectivity index (χ1v) is 13.4. The SMILES string of the molecule is Cc1ccc(F)cc1N1CC(C)(C)N([C@H]2CNC[C@@H](C(=O)N[C@H](CC(C)C)c3ccccc3)C2)CC1=O. The second kappa shape index (κ2) is 11.3. The van der Waals surface area contributed by atoms with E-state index in [2.05, 4.69) is 55.4 Å². The summed E-state index contributed by atoms with van der Waals surface area (Å²) in [6, 6.07) is 14.8. The number of hydrogen-bond donors (Lipinski definition) is 2. The van der Waals surface area contributed by atoms with Crippen molar-refractivity contribution in [1.29, 1.82) is 0 Å². The van der Waals surface area contributed by atoms with E-state index in [-0.39, 0.29) is 47.7 Å². The number of benzene rings is 2. The lowest BCUT2D eigenvalue weighted by molar-refractivity contribution is -0.129. The molecule has 2 heterocycles. The van der Waals surface area contributed by atoms with E-state index in [0.717, 1.165) is 24.1 Å². The highest BCUT2D eigenvalue weighted by atomic mass is 19.1. The summed E-state index contributed by atoms with van der Waals surface area (Å²) in [6.45, 7) is 12.6. The molecule has 7 heteroatoms. The van der Waals surface area contributed by atoms with Gasteiger partial charge in [0.2, 0.25) is 11.8 Å². The van der Waals surface area contributed by atoms with Crippen LogP contribution >= 0.6 is 0 Å². The van der Waals surface area contributed by atoms with Gasteiger partial charge in [-0.05, 0) is 62.8 Å². The first-order valence-electron chi connectivity index (χ1n) is 13.4. The Morgan fingerprint density at radius 1 is 1.16 bits per heavy atom. The van der Waals surface area contributed by atoms with Crippen molar-refractivity contribution in [3.05, 3.63) is 65.5 Å². The van der Waals surface area contributed by atoms with Gasteiger partial charge in [0, 0.05) is 36.9 Å². The summed E-state index contributed by atoms with van der Waals surface area (Å²) < 4.78 is 14.0. The maximum atomic E-state index is 14.0. The van der Waals surface area contributed by atoms with Gasteiger partial charge < -0.3 is 15.5 Å². The number of aryl methyl sites for hydroxylation is 1. The molecule has 37 heavy (non-hydrogen) atoms. The number of rotatable bonds is 7. The molecule has 2 aromatic rings. The molecule has 0 saturated carbocycles. The average molecular weight is 509 g/mol. The molecule has 2 fully saturated rings. The molecule has 2 aromatic carbocycles. The highest BCUT2D eigenvalue weighted by Crippen LogP contribution is 2.33. The zero-order valence-corrected chi connectivity index (χ0v) is 22.8. The Morgan fingerprint density at radius 3 is 2.59 bits per heavy atom. The van der Waals surface area contributed by atoms with Crippen molar-refractivity contribution < 1.29 is 14.0 Å². The van der Waals surface area contributed by atoms with Crippen molar-refractivity contribution in [2.45, 2.75) is 65.1 Å². The fourth-order valence-corrected chi connectivity index (χ4v) is 5.81. The molecule has 4 rings (SSSR count). The minimum Gasteiger partial charge on any atom is -0.349 e. The van der Waals surface area contributed by atoms with Crippen LogP contribution in [-0.2, 0) is 9.59 Å². The summed E-state index contributed by atoms with van der Waals surface area (Å²) in [7, 11) is 0. The van der Waals surface area contributed by atoms with Gasteiger partial charge >= 0.3 is 0 Å². The van der Waals surface area contributed by atoms with Gasteiger partial charge in [-0.25, -0.2) is 4.39 Å². The van der Waals surface area contributed by atoms with Crippen molar-refractivity contribution in [2.75, 3.05) is 31.1 Å². The fourth-order valence-electron chi connectivity index (χ4n) is 5.81. The zero-order valence-electron chi connectivity index (χ0n) is 22.8. The van der Waals surface area contributed by atoms with Crippen LogP contribution < -0.4 is 15.5 Å². The molecule has 0 spiro atoms. The Labute approximate surface area is 220 Å². The van der Waals surface area contributed by atoms with Crippen LogP contribution in [0.1, 0.15) is 57.7 Å². The van der Waals surface area contributed by atoms with E-state index in [4.69, 9.17) is 0 Å². The van der Waals surface area contributed by atoms with E-state index in [1.165, 1.54) is 12.1 Å². The number of nitrogens with zero attached hydrogens (tertiary/aromatic N) is 2. The number of nitrogens with one attached hydrogen (secondary N) is 2. The molecule has 3 atom stereocenters. The van der Waals surface area contributed by atoms with Crippen LogP contribution in [0.4, 0.5) is 10.1 Å². The van der Waals surface area contributed by atoms with Crippen LogP contribution in [0.2, 0.25) is 0 Å². The van der Waals surface area contributed by atoms with Crippen molar-refractivity contribution in [2.24, 2.45) is 11.8 Å². The van der Waals surface area contributed by atoms with Crippen LogP contribution in [0.25, 0.3) is 0 Å². The van der Waals surface area contributed by atoms with Gasteiger partial charge in [0.25, 0.3) is 0 Å². The lowest BCUT2D eigenvalue weighted by Crippen LogP contribution is -2.67. The van der Waals surface area contributed by atoms with E-state index in [0.29, 0.717) is 31.1 Å². The van der Waals surface area contributed by atoms with Gasteiger partial charge in [-0.1, -0.05) is 50.2 Å². The molecule has 2 aliphatic heterocycles. The van der Waals surface area contributed by atoms with Gasteiger partial charge in [0.1, 0.15) is 5.82 Å². The van der Waals surface area contributed by atoms with Crippen LogP contribution in [0, 0.1) is 24.6 Å². The third-order valence-corrected chi connectivity index (χ3v) is 7.76. The molecule has 2 N–H and O–H groups in total. The second-order valence-corrected chi connectivity index (χ2v) is 11.7. The van der Waals surface area contributed by atoms with E-state index in [1.807, 2.05) is 25.1 Å². The van der Waals surface area contributed by atoms with E-state index >= 15 is 0 Å². The number of anilines is 1. The standard InChI is InChI=1S/C30H41FN4O2/c1-20(2)13-26(22-9-7-6-8-10-22)33-29(37)23-14-25(17-32-16-23)35-18-28(36)34(19-30(35,4)5)27-15-24(31)12-11-21(27)3/h6-12,15,20,23,25-26,32H,13-14,16-19H2,1-5H3,(H,33,37)/t23-,25+,26+/m0/s1. The van der Waals surface area contributed by atoms with Gasteiger partial charge in [0.05, 0.1) is 18.5 Å². The third kappa shape index (κ3) is 6.39. The fraction of sp³-hybridized carbons (Fsp3) is 0.533. The van der Waals surface area contributed by atoms with Gasteiger partial charge in [-0.2, -0.15) is 0 Å². The summed E-state index contributed by atoms with van der Waals surface area (Å²) in [4.78, 5) is 30.7. The summed E-state index contributed by atoms with van der Waals surface area (Å²) in [6.07, 6.45) is 1.57. The molecular formula is C30H41FN4O2. The lowest BCUT2D eigenvalue weighted by atomic mass is 9.88. The van der Waals surface area contributed by atoms with Crippen LogP contribution in [0.5, 0.6) is 0 Å². The summed E-state index contributed by atoms with van der Waals surface area (Å²) in [5.74, 6) is -0.0464. The second-order valence-electron chi connectivity index (χ2n) is 11.7. The number of amides is 2. The zero-order chi connectivity index (χ0) is 26.7. The third-order valence-electron chi connectivity index (χ3n) is 7.76. The van der Waals surface area contributed by atoms with Crippen molar-refractivity contribution in [3.63, 3.8) is 0 Å². The lowest BCUT2D eigenvalue weighted by Gasteiger charge is -2.51. The topological polar surface area (TPSA) is 64.7 Å². The Kier molecular flexibility index (Phi) is 8.34. The van der Waals surface area contributed by atoms with Gasteiger partial charge in [-0.15, -0.1) is 0 Å². The van der Waals surface area contributed by atoms with E-state index in [9.17, 15) is 14.0 Å². The normalized spacial score (nSPS) is 23.2. The first-order chi connectivity index (χ1) is 17.5. The number of carbonyl (C=O) groups is 2. The number of piperazine rings is 1. The maximum absolute atomic E-state index is 14.0. The Balaban J connectivity index is 1.45. The molecule has 0 unspecified atom stereocenters. The Hall–Kier alpha value is -2.77. The quantitative estimate of drug-likeness (QED) is 0.580. The molecule has 0 radical (unpaired) electrons. The number of carbonyl (C=O) groups excluding carboxylic acids is 2. The molecule has 6 nitrogen and oxygen atoms in total. The summed E-state index contributed by atoms with van der Waals surface area (Å²) >= 11 is 0. The maximum Gasteiger partial charge on any atom is 0.241 e. The van der Waals surface area contributed by atoms with Crippen molar-refractivity contribution in [3.8, 4) is 0 Å². The van der Waals surface area contributed by atoms with Gasteiger partial charge in [-0.3, -0.25) is 14.5 Å².